The van der Waals surface area contributed by atoms with Crippen molar-refractivity contribution in [3.63, 3.8) is 0 Å². The molecule has 8 nitrogen and oxygen atoms in total. The molecule has 0 saturated heterocycles. The number of allylic oxidation sites excluding steroid dienone is 2. The first-order valence-corrected chi connectivity index (χ1v) is 11.3. The van der Waals surface area contributed by atoms with Crippen LogP contribution in [0.5, 0.6) is 5.75 Å². The quantitative estimate of drug-likeness (QED) is 0.346. The second-order valence-electron chi connectivity index (χ2n) is 8.45. The van der Waals surface area contributed by atoms with Gasteiger partial charge < -0.3 is 19.7 Å². The number of nitrogen functional groups attached to an aromatic ring is 1. The van der Waals surface area contributed by atoms with E-state index < -0.39 is 17.8 Å². The molecule has 36 heavy (non-hydrogen) atoms. The van der Waals surface area contributed by atoms with E-state index in [2.05, 4.69) is 9.97 Å². The molecular weight excluding hydrogens is 461 g/mol. The van der Waals surface area contributed by atoms with Crippen molar-refractivity contribution in [2.24, 2.45) is 0 Å². The molecule has 2 atom stereocenters. The summed E-state index contributed by atoms with van der Waals surface area (Å²) in [5.41, 5.74) is 8.97. The Bertz CT molecular complexity index is 1640. The predicted molar refractivity (Wildman–Crippen MR) is 131 cm³/mol. The van der Waals surface area contributed by atoms with Gasteiger partial charge in [-0.15, -0.1) is 0 Å². The third-order valence-electron chi connectivity index (χ3n) is 6.34. The maximum Gasteiger partial charge on any atom is 0.164 e. The van der Waals surface area contributed by atoms with Crippen LogP contribution in [0, 0.1) is 5.82 Å². The molecule has 2 N–H and O–H groups in total. The summed E-state index contributed by atoms with van der Waals surface area (Å²) in [5.74, 6) is 0.677. The summed E-state index contributed by atoms with van der Waals surface area (Å²) in [4.78, 5) is 21.0. The SMILES string of the molecule is CC(C1=C(c2cccc(F)c2)C(C=O)c2ccccc2O1)n1nc(-c2ccco2)c2c(N)ncnc21. The molecule has 0 aliphatic carbocycles. The molecule has 0 spiro atoms. The maximum absolute atomic E-state index is 14.3. The van der Waals surface area contributed by atoms with Gasteiger partial charge in [0.15, 0.2) is 11.4 Å². The number of nitrogens with two attached hydrogens (primary N) is 1. The van der Waals surface area contributed by atoms with Gasteiger partial charge in [0.05, 0.1) is 17.6 Å². The van der Waals surface area contributed by atoms with Crippen molar-refractivity contribution in [1.29, 1.82) is 0 Å². The maximum atomic E-state index is 14.3. The molecule has 0 saturated carbocycles. The summed E-state index contributed by atoms with van der Waals surface area (Å²) in [6, 6.07) is 16.4. The van der Waals surface area contributed by atoms with E-state index in [4.69, 9.17) is 20.0 Å². The molecule has 2 aromatic carbocycles. The third kappa shape index (κ3) is 3.36. The van der Waals surface area contributed by atoms with Crippen LogP contribution in [0.25, 0.3) is 28.1 Å². The lowest BCUT2D eigenvalue weighted by Gasteiger charge is -2.31. The van der Waals surface area contributed by atoms with Crippen LogP contribution < -0.4 is 10.5 Å². The number of anilines is 1. The predicted octanol–water partition coefficient (Wildman–Crippen LogP) is 5.16. The number of benzene rings is 2. The second kappa shape index (κ2) is 8.46. The Balaban J connectivity index is 1.61. The van der Waals surface area contributed by atoms with Crippen molar-refractivity contribution in [2.75, 3.05) is 5.73 Å². The Hall–Kier alpha value is -4.79. The summed E-state index contributed by atoms with van der Waals surface area (Å²) in [7, 11) is 0. The summed E-state index contributed by atoms with van der Waals surface area (Å²) >= 11 is 0. The van der Waals surface area contributed by atoms with Gasteiger partial charge in [0.1, 0.15) is 47.5 Å². The molecule has 0 fully saturated rings. The van der Waals surface area contributed by atoms with E-state index >= 15 is 0 Å². The van der Waals surface area contributed by atoms with E-state index in [1.165, 1.54) is 18.5 Å². The molecule has 5 aromatic rings. The lowest BCUT2D eigenvalue weighted by Crippen LogP contribution is -2.23. The van der Waals surface area contributed by atoms with Gasteiger partial charge in [0.2, 0.25) is 0 Å². The number of fused-ring (bicyclic) bond motifs is 2. The van der Waals surface area contributed by atoms with Crippen molar-refractivity contribution < 1.29 is 18.3 Å². The first-order chi connectivity index (χ1) is 17.6. The Kier molecular flexibility index (Phi) is 5.10. The number of carbonyl (C=O) groups is 1. The highest BCUT2D eigenvalue weighted by atomic mass is 19.1. The number of ether oxygens (including phenoxy) is 1. The first-order valence-electron chi connectivity index (χ1n) is 11.3. The van der Waals surface area contributed by atoms with E-state index in [0.717, 1.165) is 6.29 Å². The molecule has 1 aliphatic rings. The lowest BCUT2D eigenvalue weighted by atomic mass is 9.83. The molecule has 4 heterocycles. The summed E-state index contributed by atoms with van der Waals surface area (Å²) < 4.78 is 28.0. The topological polar surface area (TPSA) is 109 Å². The van der Waals surface area contributed by atoms with Crippen LogP contribution in [0.1, 0.15) is 30.0 Å². The molecule has 3 aromatic heterocycles. The van der Waals surface area contributed by atoms with Crippen molar-refractivity contribution in [3.8, 4) is 17.2 Å². The van der Waals surface area contributed by atoms with Gasteiger partial charge in [-0.3, -0.25) is 0 Å². The zero-order valence-electron chi connectivity index (χ0n) is 19.1. The van der Waals surface area contributed by atoms with Gasteiger partial charge in [-0.05, 0) is 42.8 Å². The summed E-state index contributed by atoms with van der Waals surface area (Å²) in [5, 5.41) is 5.32. The minimum Gasteiger partial charge on any atom is -0.463 e. The van der Waals surface area contributed by atoms with Crippen LogP contribution in [-0.4, -0.2) is 26.0 Å². The molecule has 0 radical (unpaired) electrons. The van der Waals surface area contributed by atoms with E-state index in [1.807, 2.05) is 25.1 Å². The molecule has 0 amide bonds. The summed E-state index contributed by atoms with van der Waals surface area (Å²) in [6.45, 7) is 1.88. The minimum atomic E-state index is -0.666. The Morgan fingerprint density at radius 3 is 2.75 bits per heavy atom. The molecular formula is C27H20FN5O3. The van der Waals surface area contributed by atoms with Crippen molar-refractivity contribution >= 4 is 28.7 Å². The van der Waals surface area contributed by atoms with Crippen LogP contribution in [0.3, 0.4) is 0 Å². The average Bonchev–Trinajstić information content (AvgIpc) is 3.56. The largest absolute Gasteiger partial charge is 0.463 e. The Morgan fingerprint density at radius 1 is 1.11 bits per heavy atom. The number of aromatic nitrogens is 4. The fourth-order valence-corrected chi connectivity index (χ4v) is 4.70. The first kappa shape index (κ1) is 21.7. The highest BCUT2D eigenvalue weighted by Gasteiger charge is 2.35. The zero-order chi connectivity index (χ0) is 24.8. The van der Waals surface area contributed by atoms with Gasteiger partial charge >= 0.3 is 0 Å². The van der Waals surface area contributed by atoms with Crippen LogP contribution in [0.2, 0.25) is 0 Å². The number of para-hydroxylation sites is 1. The van der Waals surface area contributed by atoms with Gasteiger partial charge in [-0.25, -0.2) is 19.0 Å². The fraction of sp³-hybridized carbons (Fsp3) is 0.111. The molecule has 2 unspecified atom stereocenters. The number of furan rings is 1. The molecule has 0 bridgehead atoms. The molecule has 1 aliphatic heterocycles. The van der Waals surface area contributed by atoms with Crippen LogP contribution in [0.15, 0.2) is 83.4 Å². The van der Waals surface area contributed by atoms with Crippen LogP contribution in [-0.2, 0) is 4.79 Å². The number of carbonyl (C=O) groups excluding carboxylic acids is 1. The highest BCUT2D eigenvalue weighted by molar-refractivity contribution is 5.97. The molecule has 178 valence electrons. The van der Waals surface area contributed by atoms with E-state index in [1.54, 1.807) is 41.3 Å². The Morgan fingerprint density at radius 2 is 1.97 bits per heavy atom. The third-order valence-corrected chi connectivity index (χ3v) is 6.34. The average molecular weight is 481 g/mol. The number of hydrogen-bond donors (Lipinski definition) is 1. The number of nitrogens with zero attached hydrogens (tertiary/aromatic N) is 4. The Labute approximate surface area is 204 Å². The monoisotopic (exact) mass is 481 g/mol. The molecule has 9 heteroatoms. The minimum absolute atomic E-state index is 0.254. The van der Waals surface area contributed by atoms with Crippen molar-refractivity contribution in [2.45, 2.75) is 18.9 Å². The second-order valence-corrected chi connectivity index (χ2v) is 8.45. The molecule has 6 rings (SSSR count). The highest BCUT2D eigenvalue weighted by Crippen LogP contribution is 2.46. The standard InChI is InChI=1S/C27H20FN5O3/c1-15(33-27-23(26(29)30-14-31-27)24(32-33)21-10-5-11-35-21)25-22(16-6-4-7-17(28)12-16)19(13-34)18-8-2-3-9-20(18)36-25/h2-15,19H,1H3,(H2,29,30,31). The van der Waals surface area contributed by atoms with Crippen molar-refractivity contribution in [1.82, 2.24) is 19.7 Å². The number of halogens is 1. The summed E-state index contributed by atoms with van der Waals surface area (Å²) in [6.07, 6.45) is 3.76. The van der Waals surface area contributed by atoms with Gasteiger partial charge in [0, 0.05) is 11.1 Å². The normalized spacial score (nSPS) is 16.0. The fourth-order valence-electron chi connectivity index (χ4n) is 4.70. The van der Waals surface area contributed by atoms with Crippen molar-refractivity contribution in [3.05, 3.63) is 96.0 Å². The van der Waals surface area contributed by atoms with E-state index in [0.29, 0.717) is 50.7 Å². The van der Waals surface area contributed by atoms with E-state index in [-0.39, 0.29) is 5.82 Å². The van der Waals surface area contributed by atoms with Gasteiger partial charge in [-0.1, -0.05) is 30.3 Å². The van der Waals surface area contributed by atoms with Gasteiger partial charge in [-0.2, -0.15) is 5.10 Å². The number of hydrogen-bond acceptors (Lipinski definition) is 7. The van der Waals surface area contributed by atoms with E-state index in [9.17, 15) is 9.18 Å². The lowest BCUT2D eigenvalue weighted by molar-refractivity contribution is -0.108. The smallest absolute Gasteiger partial charge is 0.164 e. The van der Waals surface area contributed by atoms with Gasteiger partial charge in [0.25, 0.3) is 0 Å². The number of rotatable bonds is 5. The van der Waals surface area contributed by atoms with Crippen LogP contribution in [0.4, 0.5) is 10.2 Å². The van der Waals surface area contributed by atoms with Crippen LogP contribution >= 0.6 is 0 Å². The zero-order valence-corrected chi connectivity index (χ0v) is 19.1. The number of aldehydes is 1.